The predicted octanol–water partition coefficient (Wildman–Crippen LogP) is 0.484. The molecule has 1 aliphatic carbocycles. The molecule has 2 N–H and O–H groups in total. The molecular formula is C10H14N2O3. The van der Waals surface area contributed by atoms with Crippen LogP contribution in [0.15, 0.2) is 10.7 Å². The molecule has 2 rings (SSSR count). The van der Waals surface area contributed by atoms with Crippen molar-refractivity contribution in [1.29, 1.82) is 0 Å². The van der Waals surface area contributed by atoms with Gasteiger partial charge in [-0.25, -0.2) is 0 Å². The third kappa shape index (κ3) is 2.18. The Balaban J connectivity index is 1.80. The highest BCUT2D eigenvalue weighted by Gasteiger charge is 2.27. The summed E-state index contributed by atoms with van der Waals surface area (Å²) in [5.74, 6) is 0.438. The third-order valence-corrected chi connectivity index (χ3v) is 2.72. The number of hydrogen-bond donors (Lipinski definition) is 2. The van der Waals surface area contributed by atoms with Gasteiger partial charge in [-0.1, -0.05) is 5.16 Å². The molecule has 0 aromatic carbocycles. The topological polar surface area (TPSA) is 75.4 Å². The van der Waals surface area contributed by atoms with Crippen molar-refractivity contribution < 1.29 is 14.4 Å². The zero-order valence-corrected chi connectivity index (χ0v) is 8.56. The van der Waals surface area contributed by atoms with E-state index in [0.717, 1.165) is 18.4 Å². The summed E-state index contributed by atoms with van der Waals surface area (Å²) in [6, 6.07) is 0. The van der Waals surface area contributed by atoms with E-state index in [4.69, 9.17) is 9.63 Å². The van der Waals surface area contributed by atoms with Crippen molar-refractivity contribution >= 4 is 5.91 Å². The molecule has 0 spiro atoms. The SMILES string of the molecule is Cc1cnoc1C(=O)NCC1CC(O)C1. The van der Waals surface area contributed by atoms with E-state index in [1.807, 2.05) is 0 Å². The Morgan fingerprint density at radius 2 is 2.47 bits per heavy atom. The highest BCUT2D eigenvalue weighted by atomic mass is 16.5. The van der Waals surface area contributed by atoms with E-state index in [1.54, 1.807) is 6.92 Å². The molecule has 0 bridgehead atoms. The Kier molecular flexibility index (Phi) is 2.73. The third-order valence-electron chi connectivity index (χ3n) is 2.72. The van der Waals surface area contributed by atoms with Crippen molar-refractivity contribution in [2.75, 3.05) is 6.54 Å². The van der Waals surface area contributed by atoms with Gasteiger partial charge in [0.2, 0.25) is 5.76 Å². The molecule has 82 valence electrons. The highest BCUT2D eigenvalue weighted by Crippen LogP contribution is 2.26. The van der Waals surface area contributed by atoms with Crippen LogP contribution in [0.5, 0.6) is 0 Å². The fourth-order valence-corrected chi connectivity index (χ4v) is 1.69. The molecule has 1 heterocycles. The summed E-state index contributed by atoms with van der Waals surface area (Å²) >= 11 is 0. The first-order valence-corrected chi connectivity index (χ1v) is 5.04. The van der Waals surface area contributed by atoms with Crippen LogP contribution in [-0.2, 0) is 0 Å². The minimum absolute atomic E-state index is 0.182. The summed E-state index contributed by atoms with van der Waals surface area (Å²) in [5.41, 5.74) is 0.737. The number of hydrogen-bond acceptors (Lipinski definition) is 4. The van der Waals surface area contributed by atoms with E-state index in [-0.39, 0.29) is 17.8 Å². The van der Waals surface area contributed by atoms with E-state index in [1.165, 1.54) is 6.20 Å². The molecule has 0 aliphatic heterocycles. The molecule has 1 fully saturated rings. The molecule has 5 nitrogen and oxygen atoms in total. The van der Waals surface area contributed by atoms with E-state index >= 15 is 0 Å². The smallest absolute Gasteiger partial charge is 0.290 e. The van der Waals surface area contributed by atoms with Crippen LogP contribution in [0.1, 0.15) is 29.0 Å². The van der Waals surface area contributed by atoms with Gasteiger partial charge in [0, 0.05) is 12.1 Å². The van der Waals surface area contributed by atoms with Gasteiger partial charge in [0.25, 0.3) is 5.91 Å². The fraction of sp³-hybridized carbons (Fsp3) is 0.600. The number of nitrogens with zero attached hydrogens (tertiary/aromatic N) is 1. The Bertz CT molecular complexity index is 355. The standard InChI is InChI=1S/C10H14N2O3/c1-6-4-12-15-9(6)10(14)11-5-7-2-8(13)3-7/h4,7-8,13H,2-3,5H2,1H3,(H,11,14). The van der Waals surface area contributed by atoms with Crippen molar-refractivity contribution in [1.82, 2.24) is 10.5 Å². The fourth-order valence-electron chi connectivity index (χ4n) is 1.69. The monoisotopic (exact) mass is 210 g/mol. The number of aliphatic hydroxyl groups excluding tert-OH is 1. The molecule has 1 amide bonds. The lowest BCUT2D eigenvalue weighted by molar-refractivity contribution is 0.0417. The molecule has 15 heavy (non-hydrogen) atoms. The molecule has 1 aromatic rings. The van der Waals surface area contributed by atoms with Gasteiger partial charge in [0.05, 0.1) is 12.3 Å². The zero-order valence-electron chi connectivity index (χ0n) is 8.56. The first kappa shape index (κ1) is 10.2. The Morgan fingerprint density at radius 1 is 1.73 bits per heavy atom. The maximum Gasteiger partial charge on any atom is 0.290 e. The minimum atomic E-state index is -0.230. The van der Waals surface area contributed by atoms with E-state index in [9.17, 15) is 4.79 Å². The van der Waals surface area contributed by atoms with E-state index in [2.05, 4.69) is 10.5 Å². The highest BCUT2D eigenvalue weighted by molar-refractivity contribution is 5.92. The molecule has 1 aliphatic rings. The summed E-state index contributed by atoms with van der Waals surface area (Å²) in [6.45, 7) is 2.37. The second-order valence-electron chi connectivity index (χ2n) is 4.04. The van der Waals surface area contributed by atoms with Crippen molar-refractivity contribution in [3.8, 4) is 0 Å². The maximum absolute atomic E-state index is 11.5. The van der Waals surface area contributed by atoms with Gasteiger partial charge in [-0.3, -0.25) is 4.79 Å². The van der Waals surface area contributed by atoms with Gasteiger partial charge in [0.1, 0.15) is 0 Å². The van der Waals surface area contributed by atoms with Gasteiger partial charge in [-0.15, -0.1) is 0 Å². The number of carbonyl (C=O) groups is 1. The Hall–Kier alpha value is -1.36. The normalized spacial score (nSPS) is 24.7. The van der Waals surface area contributed by atoms with Gasteiger partial charge in [-0.2, -0.15) is 0 Å². The summed E-state index contributed by atoms with van der Waals surface area (Å²) < 4.78 is 4.82. The van der Waals surface area contributed by atoms with Gasteiger partial charge in [-0.05, 0) is 25.7 Å². The molecule has 0 atom stereocenters. The molecular weight excluding hydrogens is 196 g/mol. The van der Waals surface area contributed by atoms with Crippen molar-refractivity contribution in [3.05, 3.63) is 17.5 Å². The van der Waals surface area contributed by atoms with Crippen molar-refractivity contribution in [2.45, 2.75) is 25.9 Å². The first-order valence-electron chi connectivity index (χ1n) is 5.04. The second-order valence-corrected chi connectivity index (χ2v) is 4.04. The number of aryl methyl sites for hydroxylation is 1. The molecule has 5 heteroatoms. The average molecular weight is 210 g/mol. The van der Waals surface area contributed by atoms with Gasteiger partial charge >= 0.3 is 0 Å². The minimum Gasteiger partial charge on any atom is -0.393 e. The van der Waals surface area contributed by atoms with Gasteiger partial charge in [0.15, 0.2) is 0 Å². The van der Waals surface area contributed by atoms with Crippen molar-refractivity contribution in [3.63, 3.8) is 0 Å². The zero-order chi connectivity index (χ0) is 10.8. The van der Waals surface area contributed by atoms with Crippen LogP contribution in [0.2, 0.25) is 0 Å². The number of aromatic nitrogens is 1. The number of amides is 1. The maximum atomic E-state index is 11.5. The molecule has 0 saturated heterocycles. The quantitative estimate of drug-likeness (QED) is 0.761. The molecule has 1 saturated carbocycles. The number of rotatable bonds is 3. The average Bonchev–Trinajstić information content (AvgIpc) is 2.57. The first-order chi connectivity index (χ1) is 7.16. The summed E-state index contributed by atoms with van der Waals surface area (Å²) in [4.78, 5) is 11.5. The number of aliphatic hydroxyl groups is 1. The van der Waals surface area contributed by atoms with E-state index in [0.29, 0.717) is 12.5 Å². The van der Waals surface area contributed by atoms with Crippen LogP contribution >= 0.6 is 0 Å². The van der Waals surface area contributed by atoms with Gasteiger partial charge < -0.3 is 14.9 Å². The Labute approximate surface area is 87.5 Å². The largest absolute Gasteiger partial charge is 0.393 e. The predicted molar refractivity (Wildman–Crippen MR) is 52.3 cm³/mol. The summed E-state index contributed by atoms with van der Waals surface area (Å²) in [6.07, 6.45) is 2.88. The van der Waals surface area contributed by atoms with Crippen LogP contribution in [0.25, 0.3) is 0 Å². The lowest BCUT2D eigenvalue weighted by atomic mass is 9.82. The summed E-state index contributed by atoms with van der Waals surface area (Å²) in [5, 5.41) is 15.4. The van der Waals surface area contributed by atoms with Crippen LogP contribution < -0.4 is 5.32 Å². The summed E-state index contributed by atoms with van der Waals surface area (Å²) in [7, 11) is 0. The number of carbonyl (C=O) groups excluding carboxylic acids is 1. The van der Waals surface area contributed by atoms with Crippen LogP contribution in [0.4, 0.5) is 0 Å². The van der Waals surface area contributed by atoms with Crippen LogP contribution in [0.3, 0.4) is 0 Å². The molecule has 0 radical (unpaired) electrons. The lowest BCUT2D eigenvalue weighted by Gasteiger charge is -2.31. The lowest BCUT2D eigenvalue weighted by Crippen LogP contribution is -2.38. The van der Waals surface area contributed by atoms with E-state index < -0.39 is 0 Å². The molecule has 1 aromatic heterocycles. The molecule has 0 unspecified atom stereocenters. The number of nitrogens with one attached hydrogen (secondary N) is 1. The van der Waals surface area contributed by atoms with Crippen molar-refractivity contribution in [2.24, 2.45) is 5.92 Å². The second kappa shape index (κ2) is 4.02. The van der Waals surface area contributed by atoms with Crippen LogP contribution in [0, 0.1) is 12.8 Å². The Morgan fingerprint density at radius 3 is 3.00 bits per heavy atom. The van der Waals surface area contributed by atoms with Crippen LogP contribution in [-0.4, -0.2) is 28.8 Å².